The minimum atomic E-state index is -0.0221. The van der Waals surface area contributed by atoms with Gasteiger partial charge in [-0.1, -0.05) is 39.7 Å². The van der Waals surface area contributed by atoms with Gasteiger partial charge in [0.05, 0.1) is 11.1 Å². The molecule has 0 bridgehead atoms. The fraction of sp³-hybridized carbons (Fsp3) is 0.515. The van der Waals surface area contributed by atoms with E-state index in [-0.39, 0.29) is 18.7 Å². The molecule has 0 spiro atoms. The smallest absolute Gasteiger partial charge is 0.254 e. The predicted molar refractivity (Wildman–Crippen MR) is 170 cm³/mol. The molecule has 2 fully saturated rings. The van der Waals surface area contributed by atoms with Crippen molar-refractivity contribution < 1.29 is 14.3 Å². The summed E-state index contributed by atoms with van der Waals surface area (Å²) in [6.45, 7) is 4.44. The number of nitrogens with zero attached hydrogens (tertiary/aromatic N) is 3. The van der Waals surface area contributed by atoms with Gasteiger partial charge in [0, 0.05) is 35.3 Å². The third kappa shape index (κ3) is 5.98. The fourth-order valence-electron chi connectivity index (χ4n) is 6.87. The van der Waals surface area contributed by atoms with Crippen LogP contribution in [0.3, 0.4) is 0 Å². The van der Waals surface area contributed by atoms with Crippen LogP contribution in [0.4, 0.5) is 0 Å². The highest BCUT2D eigenvalue weighted by Gasteiger charge is 2.37. The third-order valence-corrected chi connectivity index (χ3v) is 11.0. The van der Waals surface area contributed by atoms with Gasteiger partial charge in [-0.3, -0.25) is 9.79 Å². The Hall–Kier alpha value is -2.29. The molecule has 3 atom stereocenters. The lowest BCUT2D eigenvalue weighted by Crippen LogP contribution is -2.44. The van der Waals surface area contributed by atoms with Crippen molar-refractivity contribution in [3.63, 3.8) is 0 Å². The number of carbonyl (C=O) groups excluding carboxylic acids is 1. The number of aliphatic imine (C=N–C) groups is 1. The molecule has 41 heavy (non-hydrogen) atoms. The summed E-state index contributed by atoms with van der Waals surface area (Å²) in [6, 6.07) is 6.38. The van der Waals surface area contributed by atoms with Gasteiger partial charge in [0.1, 0.15) is 0 Å². The highest BCUT2D eigenvalue weighted by Crippen LogP contribution is 2.40. The summed E-state index contributed by atoms with van der Waals surface area (Å²) in [4.78, 5) is 24.9. The Labute approximate surface area is 255 Å². The van der Waals surface area contributed by atoms with Crippen molar-refractivity contribution >= 4 is 44.2 Å². The average Bonchev–Trinajstić information content (AvgIpc) is 3.78. The van der Waals surface area contributed by atoms with E-state index in [1.54, 1.807) is 11.8 Å². The van der Waals surface area contributed by atoms with E-state index < -0.39 is 0 Å². The normalized spacial score (nSPS) is 27.6. The summed E-state index contributed by atoms with van der Waals surface area (Å²) in [7, 11) is 0. The number of allylic oxidation sites excluding steroid dienone is 3. The summed E-state index contributed by atoms with van der Waals surface area (Å²) in [6.07, 6.45) is 17.9. The number of hydrogen-bond donors (Lipinski definition) is 0. The number of ether oxygens (including phenoxy) is 2. The molecule has 2 saturated heterocycles. The second-order valence-electron chi connectivity index (χ2n) is 11.9. The number of carbonyl (C=O) groups is 1. The van der Waals surface area contributed by atoms with Gasteiger partial charge >= 0.3 is 0 Å². The number of thioether (sulfide) groups is 1. The number of hydrogen-bond acceptors (Lipinski definition) is 6. The van der Waals surface area contributed by atoms with Crippen LogP contribution in [0.25, 0.3) is 5.57 Å². The molecule has 1 aromatic rings. The topological polar surface area (TPSA) is 54.4 Å². The lowest BCUT2D eigenvalue weighted by atomic mass is 9.85. The van der Waals surface area contributed by atoms with Crippen molar-refractivity contribution in [1.82, 2.24) is 9.80 Å². The molecule has 8 heteroatoms. The van der Waals surface area contributed by atoms with Gasteiger partial charge < -0.3 is 19.3 Å². The van der Waals surface area contributed by atoms with Crippen LogP contribution in [0, 0.1) is 0 Å². The Bertz CT molecular complexity index is 1360. The van der Waals surface area contributed by atoms with Crippen molar-refractivity contribution in [1.29, 1.82) is 0 Å². The molecular formula is C33H38BrN3O3S. The molecule has 2 aliphatic carbocycles. The lowest BCUT2D eigenvalue weighted by molar-refractivity contribution is -0.128. The zero-order valence-electron chi connectivity index (χ0n) is 23.5. The molecule has 0 saturated carbocycles. The number of benzene rings is 1. The Morgan fingerprint density at radius 1 is 1.02 bits per heavy atom. The minimum Gasteiger partial charge on any atom is -0.454 e. The maximum absolute atomic E-state index is 14.4. The lowest BCUT2D eigenvalue weighted by Gasteiger charge is -2.33. The number of dihydropyridines is 1. The summed E-state index contributed by atoms with van der Waals surface area (Å²) < 4.78 is 11.2. The Morgan fingerprint density at radius 2 is 1.90 bits per heavy atom. The number of halogens is 1. The van der Waals surface area contributed by atoms with Gasteiger partial charge in [-0.2, -0.15) is 0 Å². The van der Waals surface area contributed by atoms with Crippen LogP contribution < -0.4 is 9.47 Å². The average molecular weight is 637 g/mol. The Kier molecular flexibility index (Phi) is 8.15. The first-order chi connectivity index (χ1) is 20.1. The molecule has 1 amide bonds. The fourth-order valence-corrected chi connectivity index (χ4v) is 8.29. The molecule has 216 valence electrons. The van der Waals surface area contributed by atoms with Gasteiger partial charge in [-0.05, 0) is 105 Å². The van der Waals surface area contributed by atoms with Crippen molar-refractivity contribution in [3.05, 3.63) is 64.8 Å². The van der Waals surface area contributed by atoms with Gasteiger partial charge in [0.25, 0.3) is 5.91 Å². The van der Waals surface area contributed by atoms with Crippen LogP contribution in [0.5, 0.6) is 11.5 Å². The summed E-state index contributed by atoms with van der Waals surface area (Å²) in [5, 5.41) is 0.993. The zero-order valence-corrected chi connectivity index (χ0v) is 25.9. The maximum atomic E-state index is 14.4. The molecule has 1 aromatic carbocycles. The quantitative estimate of drug-likeness (QED) is 0.263. The molecule has 6 nitrogen and oxygen atoms in total. The molecule has 6 aliphatic rings. The van der Waals surface area contributed by atoms with E-state index in [0.29, 0.717) is 10.9 Å². The van der Waals surface area contributed by atoms with E-state index >= 15 is 0 Å². The molecule has 7 rings (SSSR count). The number of amides is 1. The van der Waals surface area contributed by atoms with Crippen molar-refractivity contribution in [2.75, 3.05) is 38.7 Å². The van der Waals surface area contributed by atoms with Crippen molar-refractivity contribution in [2.45, 2.75) is 68.3 Å². The number of alkyl halides is 1. The van der Waals surface area contributed by atoms with E-state index in [0.717, 1.165) is 103 Å². The molecule has 4 heterocycles. The molecule has 4 aliphatic heterocycles. The van der Waals surface area contributed by atoms with Crippen LogP contribution in [0.1, 0.15) is 56.9 Å². The first-order valence-corrected chi connectivity index (χ1v) is 17.1. The van der Waals surface area contributed by atoms with Gasteiger partial charge in [-0.15, -0.1) is 11.8 Å². The van der Waals surface area contributed by atoms with Crippen LogP contribution >= 0.6 is 27.7 Å². The van der Waals surface area contributed by atoms with Gasteiger partial charge in [0.2, 0.25) is 6.79 Å². The van der Waals surface area contributed by atoms with E-state index in [9.17, 15) is 4.79 Å². The summed E-state index contributed by atoms with van der Waals surface area (Å²) in [5.41, 5.74) is 5.59. The van der Waals surface area contributed by atoms with Crippen LogP contribution in [0.2, 0.25) is 0 Å². The Morgan fingerprint density at radius 3 is 2.76 bits per heavy atom. The second-order valence-corrected chi connectivity index (χ2v) is 14.2. The van der Waals surface area contributed by atoms with E-state index in [1.165, 1.54) is 24.8 Å². The largest absolute Gasteiger partial charge is 0.454 e. The highest BCUT2D eigenvalue weighted by atomic mass is 79.9. The molecular weight excluding hydrogens is 598 g/mol. The van der Waals surface area contributed by atoms with Crippen molar-refractivity contribution in [2.24, 2.45) is 4.99 Å². The number of rotatable bonds is 6. The van der Waals surface area contributed by atoms with Crippen LogP contribution in [-0.2, 0) is 4.79 Å². The first-order valence-electron chi connectivity index (χ1n) is 15.2. The SMILES string of the molecule is O=C(C1=CC(SCC2=CCC(Br)CC2)=NC2CC=C(c3ccc4c(c3)OCO4)C=C12)N1CCC[C@H]1CN1CCCC1. The van der Waals surface area contributed by atoms with E-state index in [2.05, 4.69) is 56.1 Å². The zero-order chi connectivity index (χ0) is 27.8. The predicted octanol–water partition coefficient (Wildman–Crippen LogP) is 6.53. The maximum Gasteiger partial charge on any atom is 0.254 e. The second kappa shape index (κ2) is 12.1. The number of likely N-dealkylation sites (tertiary alicyclic amines) is 2. The summed E-state index contributed by atoms with van der Waals surface area (Å²) >= 11 is 5.55. The van der Waals surface area contributed by atoms with Gasteiger partial charge in [0.15, 0.2) is 11.5 Å². The number of fused-ring (bicyclic) bond motifs is 2. The van der Waals surface area contributed by atoms with Crippen LogP contribution in [-0.4, -0.2) is 76.4 Å². The van der Waals surface area contributed by atoms with Crippen LogP contribution in [0.15, 0.2) is 64.2 Å². The molecule has 2 unspecified atom stereocenters. The monoisotopic (exact) mass is 635 g/mol. The Balaban J connectivity index is 1.16. The standard InChI is InChI=1S/C33H38BrN3O3S/c34-25-9-5-22(6-10-25)20-41-32-18-28(33(38)37-15-3-4-26(37)19-36-13-1-2-14-36)27-16-23(7-11-29(27)35-32)24-8-12-30-31(17-24)40-21-39-30/h5,7-8,12,16-18,25-26,29H,1-4,6,9-11,13-15,19-21H2/t25?,26-,29?/m0/s1. The minimum absolute atomic E-state index is 0.0221. The van der Waals surface area contributed by atoms with E-state index in [4.69, 9.17) is 14.5 Å². The first kappa shape index (κ1) is 27.5. The molecule has 0 radical (unpaired) electrons. The highest BCUT2D eigenvalue weighted by molar-refractivity contribution is 9.09. The molecule has 0 aromatic heterocycles. The van der Waals surface area contributed by atoms with E-state index in [1.807, 2.05) is 12.1 Å². The van der Waals surface area contributed by atoms with Crippen molar-refractivity contribution in [3.8, 4) is 11.5 Å². The van der Waals surface area contributed by atoms with Gasteiger partial charge in [-0.25, -0.2) is 0 Å². The third-order valence-electron chi connectivity index (χ3n) is 9.18. The summed E-state index contributed by atoms with van der Waals surface area (Å²) in [5.74, 6) is 2.69. The molecule has 0 N–H and O–H groups in total.